The van der Waals surface area contributed by atoms with Gasteiger partial charge < -0.3 is 15.4 Å². The molecule has 0 saturated carbocycles. The van der Waals surface area contributed by atoms with Crippen molar-refractivity contribution in [3.8, 4) is 0 Å². The van der Waals surface area contributed by atoms with E-state index in [1.54, 1.807) is 0 Å². The number of rotatable bonds is 6. The van der Waals surface area contributed by atoms with Crippen LogP contribution in [0.5, 0.6) is 0 Å². The number of nitrogens with one attached hydrogen (secondary N) is 2. The Morgan fingerprint density at radius 3 is 2.94 bits per heavy atom. The molecule has 2 N–H and O–H groups in total. The van der Waals surface area contributed by atoms with Gasteiger partial charge in [-0.15, -0.1) is 0 Å². The minimum atomic E-state index is -3.61. The highest BCUT2D eigenvalue weighted by molar-refractivity contribution is 5.86. The van der Waals surface area contributed by atoms with Crippen LogP contribution in [0, 0.1) is 0 Å². The summed E-state index contributed by atoms with van der Waals surface area (Å²) in [6.07, 6.45) is 0. The fourth-order valence-electron chi connectivity index (χ4n) is 0.847. The molecule has 0 aliphatic carbocycles. The number of carbonyl (C=O) groups is 2. The lowest BCUT2D eigenvalue weighted by molar-refractivity contribution is -0.129. The lowest BCUT2D eigenvalue weighted by Crippen LogP contribution is -2.48. The van der Waals surface area contributed by atoms with Crippen molar-refractivity contribution >= 4 is 11.8 Å². The normalized spacial score (nSPS) is 26.8. The maximum Gasteiger partial charge on any atom is 0.245 e. The molecule has 0 spiro atoms. The van der Waals surface area contributed by atoms with E-state index in [-0.39, 0.29) is 0 Å². The SMILES string of the molecule is [2H]c1c([2H])c([2H])c(C([2H])([2H])NC(=O)C(NC(=O)C([2H])([2H])[2H])C([2H])([2H])OC([2H])([2H])[2H])c([2H])c1[2H]. The quantitative estimate of drug-likeness (QED) is 0.785. The average molecular weight is 265 g/mol. The first kappa shape index (κ1) is 3.81. The van der Waals surface area contributed by atoms with E-state index < -0.39 is 80.6 Å². The van der Waals surface area contributed by atoms with Gasteiger partial charge in [-0.05, 0) is 5.56 Å². The fraction of sp³-hybridized carbons (Fsp3) is 0.385. The van der Waals surface area contributed by atoms with Gasteiger partial charge in [0.15, 0.2) is 0 Å². The Balaban J connectivity index is 3.49. The molecule has 98 valence electrons. The Bertz CT molecular complexity index is 911. The summed E-state index contributed by atoms with van der Waals surface area (Å²) >= 11 is 0. The number of methoxy groups -OCH3 is 1. The van der Waals surface area contributed by atoms with Gasteiger partial charge in [0, 0.05) is 24.5 Å². The summed E-state index contributed by atoms with van der Waals surface area (Å²) < 4.78 is 116. The number of carbonyl (C=O) groups excluding carboxylic acids is 2. The highest BCUT2D eigenvalue weighted by Crippen LogP contribution is 1.97. The van der Waals surface area contributed by atoms with Crippen molar-refractivity contribution in [1.82, 2.24) is 10.6 Å². The third-order valence-electron chi connectivity index (χ3n) is 1.53. The lowest BCUT2D eigenvalue weighted by atomic mass is 10.2. The van der Waals surface area contributed by atoms with Crippen LogP contribution in [-0.2, 0) is 20.8 Å². The summed E-state index contributed by atoms with van der Waals surface area (Å²) in [5.74, 6) is -3.75. The van der Waals surface area contributed by atoms with Gasteiger partial charge in [-0.25, -0.2) is 0 Å². The second-order valence-corrected chi connectivity index (χ2v) is 2.74. The molecule has 5 nitrogen and oxygen atoms in total. The van der Waals surface area contributed by atoms with Gasteiger partial charge in [0.2, 0.25) is 11.8 Å². The molecule has 0 bridgehead atoms. The van der Waals surface area contributed by atoms with Crippen LogP contribution >= 0.6 is 0 Å². The zero-order valence-corrected chi connectivity index (χ0v) is 8.80. The Kier molecular flexibility index (Phi) is 1.57. The van der Waals surface area contributed by atoms with Gasteiger partial charge in [-0.2, -0.15) is 0 Å². The molecule has 0 aliphatic heterocycles. The van der Waals surface area contributed by atoms with E-state index in [0.717, 1.165) is 0 Å². The average Bonchev–Trinajstić information content (AvgIpc) is 2.58. The van der Waals surface area contributed by atoms with Crippen molar-refractivity contribution in [2.24, 2.45) is 0 Å². The molecular weight excluding hydrogens is 232 g/mol. The van der Waals surface area contributed by atoms with E-state index in [4.69, 9.17) is 20.6 Å². The molecule has 0 aromatic heterocycles. The van der Waals surface area contributed by atoms with Crippen molar-refractivity contribution in [2.45, 2.75) is 19.4 Å². The van der Waals surface area contributed by atoms with Gasteiger partial charge in [0.05, 0.1) is 23.0 Å². The molecule has 18 heavy (non-hydrogen) atoms. The minimum absolute atomic E-state index is 0.860. The number of hydrogen-bond donors (Lipinski definition) is 2. The van der Waals surface area contributed by atoms with Crippen LogP contribution in [0.25, 0.3) is 0 Å². The van der Waals surface area contributed by atoms with Gasteiger partial charge in [-0.3, -0.25) is 9.59 Å². The molecule has 1 aromatic rings. The molecular formula is C13H18N2O3. The number of amides is 2. The second-order valence-electron chi connectivity index (χ2n) is 2.74. The van der Waals surface area contributed by atoms with Crippen LogP contribution in [-0.4, -0.2) is 31.5 Å². The molecule has 1 atom stereocenters. The van der Waals surface area contributed by atoms with E-state index in [2.05, 4.69) is 4.74 Å². The fourth-order valence-corrected chi connectivity index (χ4v) is 0.847. The molecule has 5 heteroatoms. The van der Waals surface area contributed by atoms with Crippen LogP contribution in [0.2, 0.25) is 0 Å². The third kappa shape index (κ3) is 4.97. The Morgan fingerprint density at radius 1 is 1.50 bits per heavy atom. The van der Waals surface area contributed by atoms with Crippen molar-refractivity contribution in [3.63, 3.8) is 0 Å². The van der Waals surface area contributed by atoms with Gasteiger partial charge >= 0.3 is 0 Å². The molecule has 0 heterocycles. The van der Waals surface area contributed by atoms with Gasteiger partial charge in [0.25, 0.3) is 0 Å². The highest BCUT2D eigenvalue weighted by Gasteiger charge is 2.18. The van der Waals surface area contributed by atoms with Crippen LogP contribution in [0.15, 0.2) is 30.2 Å². The summed E-state index contributed by atoms with van der Waals surface area (Å²) in [5.41, 5.74) is -1.06. The van der Waals surface area contributed by atoms with E-state index in [1.807, 2.05) is 0 Å². The van der Waals surface area contributed by atoms with E-state index >= 15 is 0 Å². The maximum atomic E-state index is 12.7. The van der Waals surface area contributed by atoms with Crippen LogP contribution in [0.4, 0.5) is 0 Å². The van der Waals surface area contributed by atoms with Gasteiger partial charge in [-0.1, -0.05) is 30.2 Å². The first-order valence-corrected chi connectivity index (χ1v) is 4.43. The zero-order chi connectivity index (χ0) is 26.3. The highest BCUT2D eigenvalue weighted by atomic mass is 16.5. The van der Waals surface area contributed by atoms with E-state index in [1.165, 1.54) is 10.6 Å². The van der Waals surface area contributed by atoms with Crippen molar-refractivity contribution in [1.29, 1.82) is 0 Å². The molecule has 1 aromatic carbocycles. The van der Waals surface area contributed by atoms with Crippen molar-refractivity contribution in [3.05, 3.63) is 35.8 Å². The Hall–Kier alpha value is -1.88. The summed E-state index contributed by atoms with van der Waals surface area (Å²) in [7, 11) is -3.47. The van der Waals surface area contributed by atoms with Crippen molar-refractivity contribution < 1.29 is 34.9 Å². The molecule has 0 fully saturated rings. The monoisotopic (exact) mass is 265 g/mol. The molecule has 1 unspecified atom stereocenters. The first-order chi connectivity index (χ1) is 14.5. The van der Waals surface area contributed by atoms with Crippen LogP contribution in [0.3, 0.4) is 0 Å². The number of ether oxygens (including phenoxy) is 1. The molecule has 0 radical (unpaired) electrons. The van der Waals surface area contributed by atoms with Gasteiger partial charge in [0.1, 0.15) is 6.04 Å². The van der Waals surface area contributed by atoms with Crippen molar-refractivity contribution in [2.75, 3.05) is 13.6 Å². The maximum absolute atomic E-state index is 12.7. The smallest absolute Gasteiger partial charge is 0.245 e. The van der Waals surface area contributed by atoms with E-state index in [9.17, 15) is 9.59 Å². The summed E-state index contributed by atoms with van der Waals surface area (Å²) in [6.45, 7) is -10.3. The third-order valence-corrected chi connectivity index (χ3v) is 1.53. The predicted molar refractivity (Wildman–Crippen MR) is 67.8 cm³/mol. The Morgan fingerprint density at radius 2 is 2.28 bits per heavy atom. The Labute approximate surface area is 128 Å². The number of benzene rings is 1. The second kappa shape index (κ2) is 7.45. The van der Waals surface area contributed by atoms with Crippen LogP contribution in [0.1, 0.15) is 33.0 Å². The molecule has 1 rings (SSSR count). The number of hydrogen-bond acceptors (Lipinski definition) is 3. The largest absolute Gasteiger partial charge is 0.382 e. The standard InChI is InChI=1S/C13H18N2O3/c1-10(16)15-12(9-18-2)13(17)14-8-11-6-4-3-5-7-11/h3-7,12H,8-9H2,1-2H3,(H,14,17)(H,15,16)/i1D3,2D3,3D,4D,5D,6D,7D,8D2,9D2. The zero-order valence-electron chi connectivity index (χ0n) is 23.8. The molecule has 0 saturated heterocycles. The first-order valence-electron chi connectivity index (χ1n) is 11.9. The molecule has 0 aliphatic rings. The summed E-state index contributed by atoms with van der Waals surface area (Å²) in [4.78, 5) is 24.5. The summed E-state index contributed by atoms with van der Waals surface area (Å²) in [6, 6.07) is -7.59. The minimum Gasteiger partial charge on any atom is -0.382 e. The van der Waals surface area contributed by atoms with E-state index in [0.29, 0.717) is 0 Å². The predicted octanol–water partition coefficient (Wildman–Crippen LogP) is 0.454. The lowest BCUT2D eigenvalue weighted by Gasteiger charge is -2.16. The van der Waals surface area contributed by atoms with Crippen LogP contribution < -0.4 is 10.6 Å². The topological polar surface area (TPSA) is 67.4 Å². The summed E-state index contributed by atoms with van der Waals surface area (Å²) in [5, 5.41) is 2.93. The molecule has 2 amide bonds.